The van der Waals surface area contributed by atoms with Crippen molar-refractivity contribution >= 4 is 34.0 Å². The Bertz CT molecular complexity index is 1260. The van der Waals surface area contributed by atoms with E-state index in [0.29, 0.717) is 26.3 Å². The topological polar surface area (TPSA) is 118 Å². The Kier molecular flexibility index (Phi) is 6.84. The molecule has 2 aromatic heterocycles. The first kappa shape index (κ1) is 24.7. The maximum absolute atomic E-state index is 14.9. The summed E-state index contributed by atoms with van der Waals surface area (Å²) in [4.78, 5) is 30.9. The summed E-state index contributed by atoms with van der Waals surface area (Å²) in [6.45, 7) is 4.67. The molecule has 4 N–H and O–H groups in total. The molecule has 0 saturated carbocycles. The molecule has 184 valence electrons. The van der Waals surface area contributed by atoms with Gasteiger partial charge >= 0.3 is 0 Å². The SMILES string of the molecule is CC(C)(O)c1cc(F)c(-c2cc(C(N)=O)c(Nc3cccc(C(=O)N4CCOCC4)n3)s2)c(F)c1. The number of aromatic nitrogens is 1. The first-order chi connectivity index (χ1) is 16.5. The predicted octanol–water partition coefficient (Wildman–Crippen LogP) is 3.63. The number of thiophene rings is 1. The highest BCUT2D eigenvalue weighted by Gasteiger charge is 2.25. The fraction of sp³-hybridized carbons (Fsp3) is 0.292. The van der Waals surface area contributed by atoms with Crippen LogP contribution >= 0.6 is 11.3 Å². The molecule has 0 spiro atoms. The minimum atomic E-state index is -1.43. The summed E-state index contributed by atoms with van der Waals surface area (Å²) in [5, 5.41) is 13.3. The summed E-state index contributed by atoms with van der Waals surface area (Å²) in [5.41, 5.74) is 4.02. The third-order valence-electron chi connectivity index (χ3n) is 5.50. The molecule has 2 amide bonds. The van der Waals surface area contributed by atoms with Crippen LogP contribution in [0.1, 0.15) is 40.3 Å². The maximum atomic E-state index is 14.9. The lowest BCUT2D eigenvalue weighted by Gasteiger charge is -2.26. The number of hydrogen-bond acceptors (Lipinski definition) is 7. The number of carbonyl (C=O) groups excluding carboxylic acids is 2. The second kappa shape index (κ2) is 9.68. The number of pyridine rings is 1. The number of halogens is 2. The Labute approximate surface area is 204 Å². The average molecular weight is 503 g/mol. The van der Waals surface area contributed by atoms with Crippen LogP contribution in [0.4, 0.5) is 19.6 Å². The van der Waals surface area contributed by atoms with Gasteiger partial charge in [-0.3, -0.25) is 9.59 Å². The van der Waals surface area contributed by atoms with Gasteiger partial charge in [0.2, 0.25) is 0 Å². The highest BCUT2D eigenvalue weighted by atomic mass is 32.1. The van der Waals surface area contributed by atoms with Crippen molar-refractivity contribution in [3.8, 4) is 10.4 Å². The van der Waals surface area contributed by atoms with Gasteiger partial charge in [-0.2, -0.15) is 0 Å². The van der Waals surface area contributed by atoms with E-state index >= 15 is 0 Å². The lowest BCUT2D eigenvalue weighted by molar-refractivity contribution is 0.0299. The number of benzene rings is 1. The Morgan fingerprint density at radius 2 is 1.83 bits per heavy atom. The number of ether oxygens (including phenoxy) is 1. The zero-order valence-electron chi connectivity index (χ0n) is 19.1. The third kappa shape index (κ3) is 5.31. The predicted molar refractivity (Wildman–Crippen MR) is 128 cm³/mol. The van der Waals surface area contributed by atoms with Crippen molar-refractivity contribution in [2.24, 2.45) is 5.73 Å². The molecule has 8 nitrogen and oxygen atoms in total. The van der Waals surface area contributed by atoms with Crippen LogP contribution in [0.25, 0.3) is 10.4 Å². The zero-order valence-corrected chi connectivity index (χ0v) is 19.9. The van der Waals surface area contributed by atoms with Crippen molar-refractivity contribution in [1.82, 2.24) is 9.88 Å². The number of aliphatic hydroxyl groups is 1. The second-order valence-electron chi connectivity index (χ2n) is 8.53. The van der Waals surface area contributed by atoms with Crippen LogP contribution in [0.2, 0.25) is 0 Å². The number of amides is 2. The molecule has 1 saturated heterocycles. The van der Waals surface area contributed by atoms with E-state index in [2.05, 4.69) is 10.3 Å². The number of morpholine rings is 1. The van der Waals surface area contributed by atoms with Crippen molar-refractivity contribution in [2.45, 2.75) is 19.4 Å². The zero-order chi connectivity index (χ0) is 25.3. The molecule has 11 heteroatoms. The van der Waals surface area contributed by atoms with Crippen LogP contribution in [-0.4, -0.2) is 53.1 Å². The number of nitrogens with two attached hydrogens (primary N) is 1. The van der Waals surface area contributed by atoms with E-state index in [1.54, 1.807) is 23.1 Å². The summed E-state index contributed by atoms with van der Waals surface area (Å²) in [5.74, 6) is -2.57. The first-order valence-electron chi connectivity index (χ1n) is 10.8. The van der Waals surface area contributed by atoms with Gasteiger partial charge in [-0.1, -0.05) is 6.07 Å². The quantitative estimate of drug-likeness (QED) is 0.474. The largest absolute Gasteiger partial charge is 0.386 e. The molecule has 4 rings (SSSR count). The molecule has 0 atom stereocenters. The molecular formula is C24H24F2N4O4S. The van der Waals surface area contributed by atoms with E-state index in [1.165, 1.54) is 19.9 Å². The number of carbonyl (C=O) groups is 2. The molecule has 1 fully saturated rings. The van der Waals surface area contributed by atoms with Gasteiger partial charge in [-0.25, -0.2) is 13.8 Å². The Balaban J connectivity index is 1.66. The Morgan fingerprint density at radius 1 is 1.17 bits per heavy atom. The van der Waals surface area contributed by atoms with E-state index in [9.17, 15) is 23.5 Å². The normalized spacial score (nSPS) is 14.1. The fourth-order valence-corrected chi connectivity index (χ4v) is 4.74. The molecule has 1 aliphatic heterocycles. The number of rotatable bonds is 6. The van der Waals surface area contributed by atoms with E-state index in [4.69, 9.17) is 10.5 Å². The van der Waals surface area contributed by atoms with Gasteiger partial charge < -0.3 is 25.8 Å². The molecule has 1 aromatic carbocycles. The Morgan fingerprint density at radius 3 is 2.43 bits per heavy atom. The number of nitrogens with one attached hydrogen (secondary N) is 1. The molecular weight excluding hydrogens is 478 g/mol. The highest BCUT2D eigenvalue weighted by molar-refractivity contribution is 7.20. The maximum Gasteiger partial charge on any atom is 0.272 e. The molecule has 3 heterocycles. The summed E-state index contributed by atoms with van der Waals surface area (Å²) >= 11 is 0.913. The lowest BCUT2D eigenvalue weighted by atomic mass is 9.96. The van der Waals surface area contributed by atoms with Crippen LogP contribution in [0, 0.1) is 11.6 Å². The van der Waals surface area contributed by atoms with Gasteiger partial charge in [0.05, 0.1) is 29.9 Å². The van der Waals surface area contributed by atoms with Crippen molar-refractivity contribution in [3.63, 3.8) is 0 Å². The summed E-state index contributed by atoms with van der Waals surface area (Å²) in [6.07, 6.45) is 0. The number of nitrogens with zero attached hydrogens (tertiary/aromatic N) is 2. The van der Waals surface area contributed by atoms with Crippen molar-refractivity contribution in [3.05, 3.63) is 64.9 Å². The minimum Gasteiger partial charge on any atom is -0.386 e. The van der Waals surface area contributed by atoms with Crippen molar-refractivity contribution in [1.29, 1.82) is 0 Å². The van der Waals surface area contributed by atoms with E-state index in [0.717, 1.165) is 23.5 Å². The molecule has 0 unspecified atom stereocenters. The van der Waals surface area contributed by atoms with Crippen molar-refractivity contribution < 1.29 is 28.2 Å². The second-order valence-corrected chi connectivity index (χ2v) is 9.58. The molecule has 0 bridgehead atoms. The first-order valence-corrected chi connectivity index (χ1v) is 11.6. The standard InChI is InChI=1S/C24H24F2N4O4S/c1-24(2,33)13-10-15(25)20(16(26)11-13)18-12-14(21(27)31)22(35-18)29-19-5-3-4-17(28-19)23(32)30-6-8-34-9-7-30/h3-5,10-12,33H,6-9H2,1-2H3,(H2,27,31)(H,28,29). The minimum absolute atomic E-state index is 0.0158. The molecule has 0 aliphatic carbocycles. The number of hydrogen-bond donors (Lipinski definition) is 3. The van der Waals surface area contributed by atoms with Crippen LogP contribution in [0.5, 0.6) is 0 Å². The van der Waals surface area contributed by atoms with Gasteiger partial charge in [0.25, 0.3) is 11.8 Å². The summed E-state index contributed by atoms with van der Waals surface area (Å²) in [6, 6.07) is 8.21. The molecule has 0 radical (unpaired) electrons. The van der Waals surface area contributed by atoms with Gasteiger partial charge in [-0.15, -0.1) is 11.3 Å². The van der Waals surface area contributed by atoms with Gasteiger partial charge in [0, 0.05) is 18.0 Å². The fourth-order valence-electron chi connectivity index (χ4n) is 3.62. The highest BCUT2D eigenvalue weighted by Crippen LogP contribution is 2.40. The van der Waals surface area contributed by atoms with E-state index in [-0.39, 0.29) is 44.0 Å². The third-order valence-corrected chi connectivity index (χ3v) is 6.57. The van der Waals surface area contributed by atoms with E-state index in [1.807, 2.05) is 0 Å². The van der Waals surface area contributed by atoms with Gasteiger partial charge in [-0.05, 0) is 49.7 Å². The summed E-state index contributed by atoms with van der Waals surface area (Å²) in [7, 11) is 0. The molecule has 1 aliphatic rings. The lowest BCUT2D eigenvalue weighted by Crippen LogP contribution is -2.41. The van der Waals surface area contributed by atoms with Crippen LogP contribution in [0.15, 0.2) is 36.4 Å². The van der Waals surface area contributed by atoms with Crippen LogP contribution in [-0.2, 0) is 10.3 Å². The van der Waals surface area contributed by atoms with E-state index < -0.39 is 23.1 Å². The average Bonchev–Trinajstić information content (AvgIpc) is 3.21. The van der Waals surface area contributed by atoms with Crippen LogP contribution in [0.3, 0.4) is 0 Å². The smallest absolute Gasteiger partial charge is 0.272 e. The van der Waals surface area contributed by atoms with Crippen LogP contribution < -0.4 is 11.1 Å². The molecule has 3 aromatic rings. The monoisotopic (exact) mass is 502 g/mol. The number of anilines is 2. The van der Waals surface area contributed by atoms with Gasteiger partial charge in [0.1, 0.15) is 28.1 Å². The van der Waals surface area contributed by atoms with Gasteiger partial charge in [0.15, 0.2) is 0 Å². The number of primary amides is 1. The molecule has 35 heavy (non-hydrogen) atoms. The Hall–Kier alpha value is -3.41. The van der Waals surface area contributed by atoms with Crippen molar-refractivity contribution in [2.75, 3.05) is 31.6 Å². The summed E-state index contributed by atoms with van der Waals surface area (Å²) < 4.78 is 35.0.